The molecule has 4 saturated carbocycles. The molecule has 152 valence electrons. The Morgan fingerprint density at radius 3 is 2.54 bits per heavy atom. The molecule has 0 spiro atoms. The zero-order valence-electron chi connectivity index (χ0n) is 17.7. The van der Waals surface area contributed by atoms with Crippen molar-refractivity contribution in [2.45, 2.75) is 84.3 Å². The van der Waals surface area contributed by atoms with Gasteiger partial charge in [-0.25, -0.2) is 0 Å². The fourth-order valence-electron chi connectivity index (χ4n) is 8.04. The van der Waals surface area contributed by atoms with Gasteiger partial charge in [-0.05, 0) is 85.0 Å². The number of carbonyl (C=O) groups excluding carboxylic acids is 1. The van der Waals surface area contributed by atoms with E-state index in [0.717, 1.165) is 43.6 Å². The minimum absolute atomic E-state index is 0.351. The molecule has 2 heteroatoms. The van der Waals surface area contributed by atoms with Crippen LogP contribution in [0.3, 0.4) is 0 Å². The summed E-state index contributed by atoms with van der Waals surface area (Å²) in [6, 6.07) is 10.7. The Balaban J connectivity index is 1.32. The number of ketones is 1. The van der Waals surface area contributed by atoms with Gasteiger partial charge < -0.3 is 4.74 Å². The zero-order valence-corrected chi connectivity index (χ0v) is 17.7. The summed E-state index contributed by atoms with van der Waals surface area (Å²) < 4.78 is 6.54. The Hall–Kier alpha value is -1.15. The van der Waals surface area contributed by atoms with Gasteiger partial charge in [0.1, 0.15) is 5.78 Å². The van der Waals surface area contributed by atoms with Gasteiger partial charge in [-0.1, -0.05) is 44.2 Å². The Morgan fingerprint density at radius 1 is 0.929 bits per heavy atom. The van der Waals surface area contributed by atoms with Gasteiger partial charge in [0, 0.05) is 12.8 Å². The molecule has 0 saturated heterocycles. The first-order chi connectivity index (χ1) is 13.5. The van der Waals surface area contributed by atoms with Crippen molar-refractivity contribution in [1.29, 1.82) is 0 Å². The number of rotatable bonds is 3. The van der Waals surface area contributed by atoms with Gasteiger partial charge in [0.2, 0.25) is 0 Å². The van der Waals surface area contributed by atoms with Crippen molar-refractivity contribution in [3.05, 3.63) is 35.9 Å². The van der Waals surface area contributed by atoms with Gasteiger partial charge in [-0.2, -0.15) is 0 Å². The summed E-state index contributed by atoms with van der Waals surface area (Å²) in [5.41, 5.74) is 2.06. The van der Waals surface area contributed by atoms with Crippen LogP contribution in [0.2, 0.25) is 0 Å². The van der Waals surface area contributed by atoms with Gasteiger partial charge >= 0.3 is 0 Å². The lowest BCUT2D eigenvalue weighted by Crippen LogP contribution is -2.54. The summed E-state index contributed by atoms with van der Waals surface area (Å²) in [6.07, 6.45) is 11.1. The van der Waals surface area contributed by atoms with Crippen LogP contribution in [0, 0.1) is 34.5 Å². The smallest absolute Gasteiger partial charge is 0.133 e. The average Bonchev–Trinajstić information content (AvgIpc) is 3.04. The van der Waals surface area contributed by atoms with Crippen molar-refractivity contribution < 1.29 is 9.53 Å². The van der Waals surface area contributed by atoms with Crippen LogP contribution in [-0.4, -0.2) is 11.9 Å². The molecule has 0 amide bonds. The molecule has 4 aliphatic carbocycles. The maximum absolute atomic E-state index is 12.1. The third-order valence-electron chi connectivity index (χ3n) is 9.69. The fourth-order valence-corrected chi connectivity index (χ4v) is 8.04. The molecule has 0 radical (unpaired) electrons. The zero-order chi connectivity index (χ0) is 19.4. The van der Waals surface area contributed by atoms with Crippen molar-refractivity contribution in [3.8, 4) is 0 Å². The molecule has 2 nitrogen and oxygen atoms in total. The molecule has 4 aliphatic rings. The highest BCUT2D eigenvalue weighted by Gasteiger charge is 2.60. The van der Waals surface area contributed by atoms with E-state index in [0.29, 0.717) is 28.6 Å². The highest BCUT2D eigenvalue weighted by atomic mass is 16.5. The number of fused-ring (bicyclic) bond motifs is 5. The molecule has 5 rings (SSSR count). The Kier molecular flexibility index (Phi) is 4.69. The second-order valence-electron chi connectivity index (χ2n) is 10.8. The minimum Gasteiger partial charge on any atom is -0.373 e. The van der Waals surface area contributed by atoms with Crippen LogP contribution in [-0.2, 0) is 16.1 Å². The molecule has 1 aromatic carbocycles. The largest absolute Gasteiger partial charge is 0.373 e. The van der Waals surface area contributed by atoms with E-state index in [1.165, 1.54) is 44.1 Å². The van der Waals surface area contributed by atoms with Crippen molar-refractivity contribution >= 4 is 5.78 Å². The average molecular weight is 381 g/mol. The first-order valence-corrected chi connectivity index (χ1v) is 11.7. The number of carbonyl (C=O) groups is 1. The molecule has 7 atom stereocenters. The van der Waals surface area contributed by atoms with E-state index in [1.807, 2.05) is 0 Å². The molecule has 28 heavy (non-hydrogen) atoms. The second-order valence-corrected chi connectivity index (χ2v) is 10.8. The van der Waals surface area contributed by atoms with E-state index in [9.17, 15) is 4.79 Å². The summed E-state index contributed by atoms with van der Waals surface area (Å²) in [5.74, 6) is 3.70. The van der Waals surface area contributed by atoms with Crippen LogP contribution in [0.5, 0.6) is 0 Å². The van der Waals surface area contributed by atoms with Crippen molar-refractivity contribution in [3.63, 3.8) is 0 Å². The molecular formula is C26H36O2. The highest BCUT2D eigenvalue weighted by molar-refractivity contribution is 5.79. The standard InChI is InChI=1S/C26H36O2/c1-25-14-12-20(27)16-19(25)8-9-21-22-10-11-24(26(22,2)15-13-23(21)25)28-17-18-6-4-3-5-7-18/h3-7,19,21-24H,8-17H2,1-2H3/t19?,21-,22-,23+,24?,25-,26-/m0/s1. The monoisotopic (exact) mass is 380 g/mol. The number of benzene rings is 1. The summed E-state index contributed by atoms with van der Waals surface area (Å²) in [7, 11) is 0. The first-order valence-electron chi connectivity index (χ1n) is 11.7. The molecule has 0 aromatic heterocycles. The van der Waals surface area contributed by atoms with Crippen LogP contribution in [0.15, 0.2) is 30.3 Å². The minimum atomic E-state index is 0.351. The van der Waals surface area contributed by atoms with Gasteiger partial charge in [0.15, 0.2) is 0 Å². The normalized spacial score (nSPS) is 45.2. The summed E-state index contributed by atoms with van der Waals surface area (Å²) in [4.78, 5) is 12.1. The van der Waals surface area contributed by atoms with E-state index in [4.69, 9.17) is 4.74 Å². The predicted octanol–water partition coefficient (Wildman–Crippen LogP) is 6.18. The van der Waals surface area contributed by atoms with Gasteiger partial charge in [-0.15, -0.1) is 0 Å². The van der Waals surface area contributed by atoms with Crippen LogP contribution < -0.4 is 0 Å². The predicted molar refractivity (Wildman–Crippen MR) is 112 cm³/mol. The van der Waals surface area contributed by atoms with E-state index in [-0.39, 0.29) is 0 Å². The SMILES string of the molecule is C[C@]12CCC(=O)CC1CC[C@@H]1[C@H]2CC[C@]2(C)C(OCc3ccccc3)CC[C@@H]12. The third kappa shape index (κ3) is 2.90. The second kappa shape index (κ2) is 6.97. The molecule has 2 unspecified atom stereocenters. The summed E-state index contributed by atoms with van der Waals surface area (Å²) in [5, 5.41) is 0. The lowest BCUT2D eigenvalue weighted by molar-refractivity contribution is -0.146. The number of Topliss-reactive ketones (excluding diaryl/α,β-unsaturated/α-hetero) is 1. The number of hydrogen-bond donors (Lipinski definition) is 0. The van der Waals surface area contributed by atoms with Crippen molar-refractivity contribution in [1.82, 2.24) is 0 Å². The van der Waals surface area contributed by atoms with Gasteiger partial charge in [-0.3, -0.25) is 4.79 Å². The molecular weight excluding hydrogens is 344 g/mol. The van der Waals surface area contributed by atoms with E-state index < -0.39 is 0 Å². The Labute approximate surface area is 170 Å². The quantitative estimate of drug-likeness (QED) is 0.625. The third-order valence-corrected chi connectivity index (χ3v) is 9.69. The number of hydrogen-bond acceptors (Lipinski definition) is 2. The maximum Gasteiger partial charge on any atom is 0.133 e. The summed E-state index contributed by atoms with van der Waals surface area (Å²) in [6.45, 7) is 5.83. The number of ether oxygens (including phenoxy) is 1. The van der Waals surface area contributed by atoms with Crippen LogP contribution in [0.25, 0.3) is 0 Å². The molecule has 0 heterocycles. The van der Waals surface area contributed by atoms with Gasteiger partial charge in [0.05, 0.1) is 12.7 Å². The topological polar surface area (TPSA) is 26.3 Å². The van der Waals surface area contributed by atoms with Crippen LogP contribution in [0.4, 0.5) is 0 Å². The van der Waals surface area contributed by atoms with Crippen molar-refractivity contribution in [2.75, 3.05) is 0 Å². The molecule has 1 aromatic rings. The Bertz CT molecular complexity index is 727. The Morgan fingerprint density at radius 2 is 1.71 bits per heavy atom. The first kappa shape index (κ1) is 18.9. The van der Waals surface area contributed by atoms with Crippen LogP contribution >= 0.6 is 0 Å². The molecule has 0 aliphatic heterocycles. The lowest BCUT2D eigenvalue weighted by atomic mass is 9.45. The molecule has 0 bridgehead atoms. The molecule has 0 N–H and O–H groups in total. The van der Waals surface area contributed by atoms with E-state index in [2.05, 4.69) is 44.2 Å². The highest BCUT2D eigenvalue weighted by Crippen LogP contribution is 2.66. The fraction of sp³-hybridized carbons (Fsp3) is 0.731. The summed E-state index contributed by atoms with van der Waals surface area (Å²) >= 11 is 0. The molecule has 4 fully saturated rings. The maximum atomic E-state index is 12.1. The van der Waals surface area contributed by atoms with Crippen molar-refractivity contribution in [2.24, 2.45) is 34.5 Å². The van der Waals surface area contributed by atoms with Gasteiger partial charge in [0.25, 0.3) is 0 Å². The van der Waals surface area contributed by atoms with E-state index >= 15 is 0 Å². The van der Waals surface area contributed by atoms with E-state index in [1.54, 1.807) is 0 Å². The lowest BCUT2D eigenvalue weighted by Gasteiger charge is -2.60. The van der Waals surface area contributed by atoms with Crippen LogP contribution in [0.1, 0.15) is 77.2 Å².